The van der Waals surface area contributed by atoms with E-state index in [2.05, 4.69) is 5.32 Å². The van der Waals surface area contributed by atoms with Crippen LogP contribution in [0.4, 0.5) is 5.69 Å². The maximum atomic E-state index is 11.7. The van der Waals surface area contributed by atoms with Crippen LogP contribution in [0, 0.1) is 10.1 Å². The van der Waals surface area contributed by atoms with Crippen LogP contribution in [0.25, 0.3) is 0 Å². The van der Waals surface area contributed by atoms with Gasteiger partial charge in [0.2, 0.25) is 5.91 Å². The lowest BCUT2D eigenvalue weighted by molar-refractivity contribution is -0.387. The Morgan fingerprint density at radius 2 is 2.14 bits per heavy atom. The molecule has 0 aliphatic heterocycles. The first-order valence-corrected chi connectivity index (χ1v) is 7.31. The zero-order valence-corrected chi connectivity index (χ0v) is 12.2. The van der Waals surface area contributed by atoms with E-state index in [-0.39, 0.29) is 16.5 Å². The zero-order chi connectivity index (χ0) is 15.6. The van der Waals surface area contributed by atoms with E-state index in [1.54, 1.807) is 0 Å². The molecule has 1 aromatic carbocycles. The van der Waals surface area contributed by atoms with Crippen molar-refractivity contribution in [3.63, 3.8) is 0 Å². The minimum absolute atomic E-state index is 0.0997. The fourth-order valence-corrected chi connectivity index (χ4v) is 2.69. The molecule has 1 aliphatic rings. The standard InChI is InChI=1S/C12H11ClN2O5S/c13-7-1-2-9(8(5-7)15(19)20)21-6-10(16)14-12(3-4-12)11(17)18/h1-2,5H,3-4,6H2,(H,14,16)(H,17,18). The molecule has 0 bridgehead atoms. The van der Waals surface area contributed by atoms with Gasteiger partial charge in [0.15, 0.2) is 0 Å². The number of aliphatic carboxylic acids is 1. The highest BCUT2D eigenvalue weighted by atomic mass is 35.5. The molecule has 2 N–H and O–H groups in total. The van der Waals surface area contributed by atoms with Crippen molar-refractivity contribution in [2.45, 2.75) is 23.3 Å². The largest absolute Gasteiger partial charge is 0.480 e. The molecule has 0 radical (unpaired) electrons. The summed E-state index contributed by atoms with van der Waals surface area (Å²) in [7, 11) is 0. The van der Waals surface area contributed by atoms with Crippen molar-refractivity contribution in [2.75, 3.05) is 5.75 Å². The first-order valence-electron chi connectivity index (χ1n) is 5.95. The second kappa shape index (κ2) is 5.90. The lowest BCUT2D eigenvalue weighted by atomic mass is 10.3. The fraction of sp³-hybridized carbons (Fsp3) is 0.333. The third-order valence-corrected chi connectivity index (χ3v) is 4.31. The van der Waals surface area contributed by atoms with Gasteiger partial charge in [0.25, 0.3) is 5.69 Å². The van der Waals surface area contributed by atoms with Crippen molar-refractivity contribution in [2.24, 2.45) is 0 Å². The molecule has 7 nitrogen and oxygen atoms in total. The molecule has 1 aliphatic carbocycles. The van der Waals surface area contributed by atoms with E-state index in [0.717, 1.165) is 11.8 Å². The van der Waals surface area contributed by atoms with Gasteiger partial charge in [-0.05, 0) is 25.0 Å². The van der Waals surface area contributed by atoms with Crippen LogP contribution >= 0.6 is 23.4 Å². The fourth-order valence-electron chi connectivity index (χ4n) is 1.72. The van der Waals surface area contributed by atoms with Gasteiger partial charge in [0.1, 0.15) is 5.54 Å². The molecule has 0 atom stereocenters. The molecule has 0 unspecified atom stereocenters. The molecule has 1 amide bonds. The quantitative estimate of drug-likeness (QED) is 0.469. The number of carboxylic acids is 1. The zero-order valence-electron chi connectivity index (χ0n) is 10.7. The first-order chi connectivity index (χ1) is 9.84. The number of amides is 1. The maximum Gasteiger partial charge on any atom is 0.329 e. The summed E-state index contributed by atoms with van der Waals surface area (Å²) in [6.07, 6.45) is 0.805. The number of nitro benzene ring substituents is 1. The van der Waals surface area contributed by atoms with E-state index in [1.807, 2.05) is 0 Å². The van der Waals surface area contributed by atoms with Gasteiger partial charge < -0.3 is 10.4 Å². The minimum atomic E-state index is -1.15. The molecule has 1 aromatic rings. The number of thioether (sulfide) groups is 1. The summed E-state index contributed by atoms with van der Waals surface area (Å²) in [6, 6.07) is 4.17. The number of carbonyl (C=O) groups excluding carboxylic acids is 1. The van der Waals surface area contributed by atoms with Gasteiger partial charge in [-0.15, -0.1) is 11.8 Å². The number of hydrogen-bond donors (Lipinski definition) is 2. The number of nitrogens with one attached hydrogen (secondary N) is 1. The van der Waals surface area contributed by atoms with Crippen molar-refractivity contribution in [1.29, 1.82) is 0 Å². The summed E-state index contributed by atoms with van der Waals surface area (Å²) in [5.41, 5.74) is -1.33. The predicted molar refractivity (Wildman–Crippen MR) is 76.6 cm³/mol. The Labute approximate surface area is 128 Å². The third-order valence-electron chi connectivity index (χ3n) is 3.01. The number of nitrogens with zero attached hydrogens (tertiary/aromatic N) is 1. The van der Waals surface area contributed by atoms with Crippen LogP contribution in [-0.2, 0) is 9.59 Å². The van der Waals surface area contributed by atoms with Crippen LogP contribution in [0.15, 0.2) is 23.1 Å². The Kier molecular flexibility index (Phi) is 4.38. The van der Waals surface area contributed by atoms with Crippen LogP contribution in [-0.4, -0.2) is 33.2 Å². The van der Waals surface area contributed by atoms with Crippen molar-refractivity contribution in [1.82, 2.24) is 5.32 Å². The van der Waals surface area contributed by atoms with Gasteiger partial charge in [-0.2, -0.15) is 0 Å². The third kappa shape index (κ3) is 3.64. The average Bonchev–Trinajstić information content (AvgIpc) is 3.18. The van der Waals surface area contributed by atoms with Crippen LogP contribution in [0.3, 0.4) is 0 Å². The summed E-state index contributed by atoms with van der Waals surface area (Å²) >= 11 is 6.66. The molecular weight excluding hydrogens is 320 g/mol. The highest BCUT2D eigenvalue weighted by Gasteiger charge is 2.51. The summed E-state index contributed by atoms with van der Waals surface area (Å²) < 4.78 is 0. The number of carbonyl (C=O) groups is 2. The van der Waals surface area contributed by atoms with E-state index in [0.29, 0.717) is 17.7 Å². The topological polar surface area (TPSA) is 110 Å². The maximum absolute atomic E-state index is 11.7. The lowest BCUT2D eigenvalue weighted by Crippen LogP contribution is -2.43. The Morgan fingerprint density at radius 3 is 2.67 bits per heavy atom. The SMILES string of the molecule is O=C(CSc1ccc(Cl)cc1[N+](=O)[O-])NC1(C(=O)O)CC1. The molecule has 0 spiro atoms. The van der Waals surface area contributed by atoms with Gasteiger partial charge in [0.05, 0.1) is 15.6 Å². The Morgan fingerprint density at radius 1 is 1.48 bits per heavy atom. The summed E-state index contributed by atoms with van der Waals surface area (Å²) in [5, 5.41) is 22.5. The van der Waals surface area contributed by atoms with Crippen LogP contribution in [0.5, 0.6) is 0 Å². The van der Waals surface area contributed by atoms with E-state index in [4.69, 9.17) is 16.7 Å². The lowest BCUT2D eigenvalue weighted by Gasteiger charge is -2.12. The molecule has 2 rings (SSSR count). The average molecular weight is 331 g/mol. The number of halogens is 1. The molecule has 21 heavy (non-hydrogen) atoms. The van der Waals surface area contributed by atoms with E-state index >= 15 is 0 Å². The Balaban J connectivity index is 1.99. The molecule has 0 saturated heterocycles. The highest BCUT2D eigenvalue weighted by molar-refractivity contribution is 8.00. The van der Waals surface area contributed by atoms with Crippen molar-refractivity contribution in [3.05, 3.63) is 33.3 Å². The second-order valence-corrected chi connectivity index (χ2v) is 6.05. The predicted octanol–water partition coefficient (Wildman–Crippen LogP) is 2.07. The van der Waals surface area contributed by atoms with Crippen molar-refractivity contribution in [3.8, 4) is 0 Å². The molecule has 112 valence electrons. The van der Waals surface area contributed by atoms with E-state index in [9.17, 15) is 19.7 Å². The summed E-state index contributed by atoms with van der Waals surface area (Å²) in [5.74, 6) is -1.63. The number of rotatable bonds is 6. The molecule has 9 heteroatoms. The number of hydrogen-bond acceptors (Lipinski definition) is 5. The van der Waals surface area contributed by atoms with Gasteiger partial charge in [-0.3, -0.25) is 14.9 Å². The van der Waals surface area contributed by atoms with Crippen LogP contribution in [0.2, 0.25) is 5.02 Å². The minimum Gasteiger partial charge on any atom is -0.480 e. The van der Waals surface area contributed by atoms with Gasteiger partial charge in [0, 0.05) is 11.1 Å². The van der Waals surface area contributed by atoms with Gasteiger partial charge in [-0.25, -0.2) is 4.79 Å². The highest BCUT2D eigenvalue weighted by Crippen LogP contribution is 2.36. The van der Waals surface area contributed by atoms with Gasteiger partial charge >= 0.3 is 5.97 Å². The molecule has 1 saturated carbocycles. The number of benzene rings is 1. The van der Waals surface area contributed by atoms with E-state index < -0.39 is 22.3 Å². The first kappa shape index (κ1) is 15.6. The van der Waals surface area contributed by atoms with Crippen molar-refractivity contribution < 1.29 is 19.6 Å². The smallest absolute Gasteiger partial charge is 0.329 e. The monoisotopic (exact) mass is 330 g/mol. The normalized spacial score (nSPS) is 15.3. The molecule has 0 heterocycles. The Bertz CT molecular complexity index is 618. The van der Waals surface area contributed by atoms with Crippen molar-refractivity contribution >= 4 is 40.9 Å². The molecule has 0 aromatic heterocycles. The second-order valence-electron chi connectivity index (χ2n) is 4.59. The van der Waals surface area contributed by atoms with Crippen LogP contribution < -0.4 is 5.32 Å². The molecule has 1 fully saturated rings. The Hall–Kier alpha value is -1.80. The molecular formula is C12H11ClN2O5S. The van der Waals surface area contributed by atoms with Crippen LogP contribution in [0.1, 0.15) is 12.8 Å². The number of nitro groups is 1. The van der Waals surface area contributed by atoms with E-state index in [1.165, 1.54) is 18.2 Å². The number of carboxylic acid groups (broad SMARTS) is 1. The summed E-state index contributed by atoms with van der Waals surface area (Å²) in [6.45, 7) is 0. The summed E-state index contributed by atoms with van der Waals surface area (Å²) in [4.78, 5) is 33.3. The van der Waals surface area contributed by atoms with Gasteiger partial charge in [-0.1, -0.05) is 11.6 Å².